The molecule has 1 fully saturated rings. The highest BCUT2D eigenvalue weighted by Gasteiger charge is 2.18. The Labute approximate surface area is 172 Å². The van der Waals surface area contributed by atoms with Gasteiger partial charge in [-0.2, -0.15) is 5.10 Å². The maximum absolute atomic E-state index is 13.4. The van der Waals surface area contributed by atoms with E-state index in [4.69, 9.17) is 5.73 Å². The minimum Gasteiger partial charge on any atom is -0.355 e. The molecule has 29 heavy (non-hydrogen) atoms. The van der Waals surface area contributed by atoms with Crippen LogP contribution in [-0.4, -0.2) is 44.0 Å². The normalized spacial score (nSPS) is 15.3. The van der Waals surface area contributed by atoms with Gasteiger partial charge in [0.05, 0.1) is 26.8 Å². The van der Waals surface area contributed by atoms with E-state index in [9.17, 15) is 4.21 Å². The molecule has 7 nitrogen and oxygen atoms in total. The number of rotatable bonds is 6. The summed E-state index contributed by atoms with van der Waals surface area (Å²) >= 11 is 0. The van der Waals surface area contributed by atoms with Gasteiger partial charge in [0.1, 0.15) is 0 Å². The number of hydrogen-bond donors (Lipinski definition) is 1. The van der Waals surface area contributed by atoms with Crippen LogP contribution in [0.1, 0.15) is 24.8 Å². The van der Waals surface area contributed by atoms with Gasteiger partial charge in [-0.05, 0) is 49.9 Å². The predicted molar refractivity (Wildman–Crippen MR) is 113 cm³/mol. The summed E-state index contributed by atoms with van der Waals surface area (Å²) in [5.74, 6) is 1.34. The average Bonchev–Trinajstić information content (AvgIpc) is 2.80. The van der Waals surface area contributed by atoms with Gasteiger partial charge in [-0.15, -0.1) is 5.10 Å². The van der Waals surface area contributed by atoms with Gasteiger partial charge in [0.25, 0.3) is 0 Å². The Bertz CT molecular complexity index is 988. The number of anilines is 1. The summed E-state index contributed by atoms with van der Waals surface area (Å²) in [5, 5.41) is 8.37. The van der Waals surface area contributed by atoms with Gasteiger partial charge in [0.15, 0.2) is 11.6 Å². The SMILES string of the molecule is NCCc1cnc(-c2ccccc2S(=O)c2cnnc(N3CCCCC3)c2)nc1. The van der Waals surface area contributed by atoms with Crippen LogP contribution >= 0.6 is 0 Å². The maximum Gasteiger partial charge on any atom is 0.160 e. The fraction of sp³-hybridized carbons (Fsp3) is 0.333. The van der Waals surface area contributed by atoms with Crippen molar-refractivity contribution in [3.63, 3.8) is 0 Å². The highest BCUT2D eigenvalue weighted by atomic mass is 32.2. The van der Waals surface area contributed by atoms with Crippen molar-refractivity contribution in [2.75, 3.05) is 24.5 Å². The molecule has 4 rings (SSSR count). The van der Waals surface area contributed by atoms with E-state index in [-0.39, 0.29) is 0 Å². The van der Waals surface area contributed by atoms with Crippen LogP contribution in [0.25, 0.3) is 11.4 Å². The fourth-order valence-electron chi connectivity index (χ4n) is 3.45. The van der Waals surface area contributed by atoms with E-state index < -0.39 is 10.8 Å². The predicted octanol–water partition coefficient (Wildman–Crippen LogP) is 2.59. The smallest absolute Gasteiger partial charge is 0.160 e. The Hall–Kier alpha value is -2.71. The van der Waals surface area contributed by atoms with Crippen LogP contribution in [-0.2, 0) is 17.2 Å². The molecule has 3 heterocycles. The number of piperidine rings is 1. The third kappa shape index (κ3) is 4.49. The van der Waals surface area contributed by atoms with Crippen molar-refractivity contribution < 1.29 is 4.21 Å². The lowest BCUT2D eigenvalue weighted by Gasteiger charge is -2.27. The van der Waals surface area contributed by atoms with Crippen LogP contribution in [0.4, 0.5) is 5.82 Å². The zero-order valence-electron chi connectivity index (χ0n) is 16.2. The molecule has 3 aromatic rings. The van der Waals surface area contributed by atoms with Crippen LogP contribution < -0.4 is 10.6 Å². The Morgan fingerprint density at radius 2 is 1.79 bits per heavy atom. The summed E-state index contributed by atoms with van der Waals surface area (Å²) in [6.45, 7) is 2.48. The largest absolute Gasteiger partial charge is 0.355 e. The third-order valence-corrected chi connectivity index (χ3v) is 6.38. The molecular formula is C21H24N6OS. The quantitative estimate of drug-likeness (QED) is 0.669. The van der Waals surface area contributed by atoms with Crippen molar-refractivity contribution in [3.05, 3.63) is 54.5 Å². The number of nitrogens with two attached hydrogens (primary N) is 1. The lowest BCUT2D eigenvalue weighted by Crippen LogP contribution is -2.30. The molecule has 0 aliphatic carbocycles. The molecule has 0 saturated carbocycles. The zero-order chi connectivity index (χ0) is 20.1. The second-order valence-electron chi connectivity index (χ2n) is 7.02. The highest BCUT2D eigenvalue weighted by Crippen LogP contribution is 2.28. The first-order valence-corrected chi connectivity index (χ1v) is 11.0. The topological polar surface area (TPSA) is 97.9 Å². The van der Waals surface area contributed by atoms with Gasteiger partial charge >= 0.3 is 0 Å². The fourth-order valence-corrected chi connectivity index (χ4v) is 4.62. The molecule has 1 saturated heterocycles. The summed E-state index contributed by atoms with van der Waals surface area (Å²) in [6.07, 6.45) is 9.40. The molecule has 2 aromatic heterocycles. The highest BCUT2D eigenvalue weighted by molar-refractivity contribution is 7.85. The van der Waals surface area contributed by atoms with Crippen LogP contribution in [0.15, 0.2) is 58.7 Å². The first-order chi connectivity index (χ1) is 14.3. The Morgan fingerprint density at radius 3 is 2.55 bits per heavy atom. The molecule has 1 aromatic carbocycles. The summed E-state index contributed by atoms with van der Waals surface area (Å²) in [6, 6.07) is 9.40. The standard InChI is InChI=1S/C21H24N6OS/c22-9-8-16-13-23-21(24-14-16)18-6-2-3-7-19(18)29(28)17-12-20(26-25-15-17)27-10-4-1-5-11-27/h2-3,6-7,12-15H,1,4-5,8-11,22H2. The van der Waals surface area contributed by atoms with Crippen molar-refractivity contribution in [2.24, 2.45) is 5.73 Å². The summed E-state index contributed by atoms with van der Waals surface area (Å²) < 4.78 is 13.4. The summed E-state index contributed by atoms with van der Waals surface area (Å²) in [4.78, 5) is 12.4. The first-order valence-electron chi connectivity index (χ1n) is 9.86. The number of aromatic nitrogens is 4. The van der Waals surface area contributed by atoms with Gasteiger partial charge in [-0.3, -0.25) is 0 Å². The van der Waals surface area contributed by atoms with Crippen LogP contribution in [0, 0.1) is 0 Å². The molecule has 0 radical (unpaired) electrons. The second kappa shape index (κ2) is 9.19. The molecule has 2 N–H and O–H groups in total. The Balaban J connectivity index is 1.64. The van der Waals surface area contributed by atoms with E-state index in [1.165, 1.54) is 6.42 Å². The van der Waals surface area contributed by atoms with Crippen molar-refractivity contribution in [1.82, 2.24) is 20.2 Å². The molecule has 1 atom stereocenters. The molecule has 1 aliphatic heterocycles. The molecule has 1 unspecified atom stereocenters. The van der Waals surface area contributed by atoms with Crippen molar-refractivity contribution in [3.8, 4) is 11.4 Å². The Kier molecular flexibility index (Phi) is 6.21. The average molecular weight is 409 g/mol. The molecule has 0 amide bonds. The van der Waals surface area contributed by atoms with Crippen molar-refractivity contribution in [1.29, 1.82) is 0 Å². The minimum atomic E-state index is -1.41. The molecular weight excluding hydrogens is 384 g/mol. The van der Waals surface area contributed by atoms with E-state index in [1.807, 2.05) is 30.3 Å². The van der Waals surface area contributed by atoms with E-state index in [0.29, 0.717) is 22.2 Å². The summed E-state index contributed by atoms with van der Waals surface area (Å²) in [7, 11) is -1.41. The van der Waals surface area contributed by atoms with Crippen LogP contribution in [0.2, 0.25) is 0 Å². The van der Waals surface area contributed by atoms with Gasteiger partial charge in [0, 0.05) is 37.1 Å². The van der Waals surface area contributed by atoms with Crippen LogP contribution in [0.3, 0.4) is 0 Å². The number of hydrogen-bond acceptors (Lipinski definition) is 7. The minimum absolute atomic E-state index is 0.549. The molecule has 0 bridgehead atoms. The molecule has 8 heteroatoms. The van der Waals surface area contributed by atoms with Crippen LogP contribution in [0.5, 0.6) is 0 Å². The van der Waals surface area contributed by atoms with E-state index >= 15 is 0 Å². The van der Waals surface area contributed by atoms with Crippen molar-refractivity contribution >= 4 is 16.6 Å². The maximum atomic E-state index is 13.4. The van der Waals surface area contributed by atoms with Crippen molar-refractivity contribution in [2.45, 2.75) is 35.5 Å². The molecule has 150 valence electrons. The van der Waals surface area contributed by atoms with E-state index in [2.05, 4.69) is 25.1 Å². The van der Waals surface area contributed by atoms with Gasteiger partial charge < -0.3 is 10.6 Å². The number of benzene rings is 1. The first kappa shape index (κ1) is 19.6. The number of nitrogens with zero attached hydrogens (tertiary/aromatic N) is 5. The van der Waals surface area contributed by atoms with E-state index in [0.717, 1.165) is 49.3 Å². The monoisotopic (exact) mass is 408 g/mol. The zero-order valence-corrected chi connectivity index (χ0v) is 17.0. The third-order valence-electron chi connectivity index (χ3n) is 4.98. The molecule has 0 spiro atoms. The Morgan fingerprint density at radius 1 is 1.03 bits per heavy atom. The lowest BCUT2D eigenvalue weighted by molar-refractivity contribution is 0.570. The van der Waals surface area contributed by atoms with Gasteiger partial charge in [-0.1, -0.05) is 12.1 Å². The molecule has 1 aliphatic rings. The lowest BCUT2D eigenvalue weighted by atomic mass is 10.1. The van der Waals surface area contributed by atoms with Gasteiger partial charge in [-0.25, -0.2) is 14.2 Å². The summed E-state index contributed by atoms with van der Waals surface area (Å²) in [5.41, 5.74) is 7.33. The van der Waals surface area contributed by atoms with Gasteiger partial charge in [0.2, 0.25) is 0 Å². The van der Waals surface area contributed by atoms with E-state index in [1.54, 1.807) is 18.6 Å². The second-order valence-corrected chi connectivity index (χ2v) is 8.46.